The fourth-order valence-electron chi connectivity index (χ4n) is 2.69. The van der Waals surface area contributed by atoms with Crippen molar-refractivity contribution >= 4 is 29.3 Å². The zero-order valence-electron chi connectivity index (χ0n) is 16.9. The van der Waals surface area contributed by atoms with Gasteiger partial charge in [0.2, 0.25) is 5.91 Å². The Labute approximate surface area is 178 Å². The molecule has 30 heavy (non-hydrogen) atoms. The van der Waals surface area contributed by atoms with Crippen LogP contribution in [0.3, 0.4) is 0 Å². The summed E-state index contributed by atoms with van der Waals surface area (Å²) in [6, 6.07) is 14.1. The highest BCUT2D eigenvalue weighted by Gasteiger charge is 2.14. The molecule has 1 N–H and O–H groups in total. The predicted molar refractivity (Wildman–Crippen MR) is 115 cm³/mol. The molecule has 8 nitrogen and oxygen atoms in total. The lowest BCUT2D eigenvalue weighted by Crippen LogP contribution is -2.14. The molecule has 1 aromatic heterocycles. The number of ether oxygens (including phenoxy) is 2. The quantitative estimate of drug-likeness (QED) is 0.436. The van der Waals surface area contributed by atoms with Gasteiger partial charge in [-0.25, -0.2) is 4.79 Å². The van der Waals surface area contributed by atoms with Gasteiger partial charge in [-0.1, -0.05) is 23.9 Å². The van der Waals surface area contributed by atoms with Crippen LogP contribution in [-0.2, 0) is 16.6 Å². The van der Waals surface area contributed by atoms with E-state index in [1.807, 2.05) is 35.9 Å². The van der Waals surface area contributed by atoms with E-state index in [0.717, 1.165) is 11.3 Å². The summed E-state index contributed by atoms with van der Waals surface area (Å²) in [6.07, 6.45) is 0. The third-order valence-corrected chi connectivity index (χ3v) is 5.20. The molecule has 0 aliphatic rings. The van der Waals surface area contributed by atoms with Gasteiger partial charge in [-0.15, -0.1) is 10.2 Å². The molecule has 2 aromatic carbocycles. The Morgan fingerprint density at radius 1 is 1.13 bits per heavy atom. The normalized spacial score (nSPS) is 10.5. The van der Waals surface area contributed by atoms with Crippen molar-refractivity contribution in [3.05, 3.63) is 54.1 Å². The van der Waals surface area contributed by atoms with Crippen LogP contribution in [-0.4, -0.2) is 46.1 Å². The molecule has 0 bridgehead atoms. The minimum absolute atomic E-state index is 0.170. The van der Waals surface area contributed by atoms with Crippen LogP contribution in [0.5, 0.6) is 5.75 Å². The van der Waals surface area contributed by atoms with Crippen LogP contribution in [0, 0.1) is 0 Å². The Morgan fingerprint density at radius 3 is 2.60 bits per heavy atom. The molecule has 0 fully saturated rings. The lowest BCUT2D eigenvalue weighted by Gasteiger charge is -2.07. The molecule has 9 heteroatoms. The lowest BCUT2D eigenvalue weighted by atomic mass is 10.2. The van der Waals surface area contributed by atoms with E-state index in [4.69, 9.17) is 9.47 Å². The number of thioether (sulfide) groups is 1. The van der Waals surface area contributed by atoms with Crippen molar-refractivity contribution < 1.29 is 19.1 Å². The first-order valence-electron chi connectivity index (χ1n) is 9.25. The van der Waals surface area contributed by atoms with Crippen LogP contribution < -0.4 is 10.1 Å². The maximum absolute atomic E-state index is 12.3. The van der Waals surface area contributed by atoms with E-state index in [2.05, 4.69) is 15.5 Å². The number of hydrogen-bond acceptors (Lipinski definition) is 7. The second-order valence-corrected chi connectivity index (χ2v) is 7.17. The summed E-state index contributed by atoms with van der Waals surface area (Å²) in [5, 5.41) is 11.8. The maximum atomic E-state index is 12.3. The molecule has 3 aromatic rings. The molecule has 1 amide bonds. The van der Waals surface area contributed by atoms with Crippen molar-refractivity contribution in [2.24, 2.45) is 7.05 Å². The zero-order chi connectivity index (χ0) is 21.5. The third kappa shape index (κ3) is 5.18. The minimum atomic E-state index is -0.389. The van der Waals surface area contributed by atoms with Crippen LogP contribution in [0.4, 0.5) is 5.69 Å². The van der Waals surface area contributed by atoms with Gasteiger partial charge >= 0.3 is 5.97 Å². The Hall–Kier alpha value is -3.33. The van der Waals surface area contributed by atoms with E-state index < -0.39 is 0 Å². The van der Waals surface area contributed by atoms with Crippen molar-refractivity contribution in [2.75, 3.05) is 24.8 Å². The summed E-state index contributed by atoms with van der Waals surface area (Å²) in [5.41, 5.74) is 1.92. The molecule has 0 saturated carbocycles. The van der Waals surface area contributed by atoms with Gasteiger partial charge in [-0.2, -0.15) is 0 Å². The molecule has 0 unspecified atom stereocenters. The topological polar surface area (TPSA) is 95.3 Å². The van der Waals surface area contributed by atoms with E-state index in [9.17, 15) is 9.59 Å². The number of aromatic nitrogens is 3. The number of nitrogens with one attached hydrogen (secondary N) is 1. The zero-order valence-corrected chi connectivity index (χ0v) is 17.7. The summed E-state index contributed by atoms with van der Waals surface area (Å²) < 4.78 is 12.0. The Bertz CT molecular complexity index is 1030. The number of carbonyl (C=O) groups excluding carboxylic acids is 2. The van der Waals surface area contributed by atoms with Crippen molar-refractivity contribution in [2.45, 2.75) is 12.1 Å². The van der Waals surface area contributed by atoms with Crippen molar-refractivity contribution in [1.82, 2.24) is 14.8 Å². The van der Waals surface area contributed by atoms with Gasteiger partial charge in [-0.05, 0) is 43.3 Å². The van der Waals surface area contributed by atoms with Crippen molar-refractivity contribution in [3.8, 4) is 17.1 Å². The van der Waals surface area contributed by atoms with Crippen LogP contribution in [0.25, 0.3) is 11.4 Å². The number of carbonyl (C=O) groups is 2. The molecule has 0 aliphatic heterocycles. The summed E-state index contributed by atoms with van der Waals surface area (Å²) in [5.74, 6) is 1.02. The lowest BCUT2D eigenvalue weighted by molar-refractivity contribution is -0.113. The van der Waals surface area contributed by atoms with Gasteiger partial charge in [0.15, 0.2) is 11.0 Å². The average molecular weight is 426 g/mol. The maximum Gasteiger partial charge on any atom is 0.338 e. The minimum Gasteiger partial charge on any atom is -0.497 e. The standard InChI is InChI=1S/C21H22N4O4S/c1-4-29-20(27)14-8-10-16(11-9-14)22-18(26)13-30-21-24-23-19(25(21)2)15-6-5-7-17(12-15)28-3/h5-12H,4,13H2,1-3H3,(H,22,26). The van der Waals surface area contributed by atoms with Crippen LogP contribution in [0.1, 0.15) is 17.3 Å². The fraction of sp³-hybridized carbons (Fsp3) is 0.238. The van der Waals surface area contributed by atoms with Crippen LogP contribution in [0.15, 0.2) is 53.7 Å². The second kappa shape index (κ2) is 9.93. The number of methoxy groups -OCH3 is 1. The van der Waals surface area contributed by atoms with Gasteiger partial charge in [-0.3, -0.25) is 4.79 Å². The number of anilines is 1. The second-order valence-electron chi connectivity index (χ2n) is 6.23. The first kappa shape index (κ1) is 21.4. The SMILES string of the molecule is CCOC(=O)c1ccc(NC(=O)CSc2nnc(-c3cccc(OC)c3)n2C)cc1. The van der Waals surface area contributed by atoms with E-state index in [-0.39, 0.29) is 17.6 Å². The molecule has 0 radical (unpaired) electrons. The number of esters is 1. The molecule has 0 saturated heterocycles. The molecule has 0 aliphatic carbocycles. The van der Waals surface area contributed by atoms with Gasteiger partial charge in [0.05, 0.1) is 25.0 Å². The first-order valence-corrected chi connectivity index (χ1v) is 10.2. The fourth-order valence-corrected chi connectivity index (χ4v) is 3.40. The van der Waals surface area contributed by atoms with E-state index in [1.54, 1.807) is 38.3 Å². The highest BCUT2D eigenvalue weighted by molar-refractivity contribution is 7.99. The summed E-state index contributed by atoms with van der Waals surface area (Å²) >= 11 is 1.29. The van der Waals surface area contributed by atoms with Gasteiger partial charge in [0.25, 0.3) is 0 Å². The molecule has 0 spiro atoms. The van der Waals surface area contributed by atoms with E-state index in [0.29, 0.717) is 28.8 Å². The number of rotatable bonds is 8. The van der Waals surface area contributed by atoms with Crippen LogP contribution >= 0.6 is 11.8 Å². The Kier molecular flexibility index (Phi) is 7.08. The molecular formula is C21H22N4O4S. The van der Waals surface area contributed by atoms with E-state index >= 15 is 0 Å². The van der Waals surface area contributed by atoms with E-state index in [1.165, 1.54) is 11.8 Å². The Balaban J connectivity index is 1.59. The smallest absolute Gasteiger partial charge is 0.338 e. The number of hydrogen-bond donors (Lipinski definition) is 1. The van der Waals surface area contributed by atoms with Gasteiger partial charge < -0.3 is 19.4 Å². The number of amides is 1. The third-order valence-electron chi connectivity index (χ3n) is 4.17. The summed E-state index contributed by atoms with van der Waals surface area (Å²) in [4.78, 5) is 24.0. The van der Waals surface area contributed by atoms with Crippen molar-refractivity contribution in [1.29, 1.82) is 0 Å². The highest BCUT2D eigenvalue weighted by Crippen LogP contribution is 2.25. The molecule has 0 atom stereocenters. The summed E-state index contributed by atoms with van der Waals surface area (Å²) in [7, 11) is 3.46. The highest BCUT2D eigenvalue weighted by atomic mass is 32.2. The van der Waals surface area contributed by atoms with Crippen molar-refractivity contribution in [3.63, 3.8) is 0 Å². The first-order chi connectivity index (χ1) is 14.5. The molecule has 156 valence electrons. The largest absolute Gasteiger partial charge is 0.497 e. The van der Waals surface area contributed by atoms with Crippen LogP contribution in [0.2, 0.25) is 0 Å². The van der Waals surface area contributed by atoms with Gasteiger partial charge in [0.1, 0.15) is 5.75 Å². The molecule has 3 rings (SSSR count). The number of nitrogens with zero attached hydrogens (tertiary/aromatic N) is 3. The monoisotopic (exact) mass is 426 g/mol. The predicted octanol–water partition coefficient (Wildman–Crippen LogP) is 3.40. The molecule has 1 heterocycles. The summed E-state index contributed by atoms with van der Waals surface area (Å²) in [6.45, 7) is 2.07. The molecular weight excluding hydrogens is 404 g/mol. The average Bonchev–Trinajstić information content (AvgIpc) is 3.13. The van der Waals surface area contributed by atoms with Gasteiger partial charge in [0, 0.05) is 18.3 Å². The Morgan fingerprint density at radius 2 is 1.90 bits per heavy atom. The number of benzene rings is 2.